The third kappa shape index (κ3) is 4.95. The largest absolute Gasteiger partial charge is 0.341 e. The van der Waals surface area contributed by atoms with Crippen LogP contribution in [0.2, 0.25) is 0 Å². The van der Waals surface area contributed by atoms with Gasteiger partial charge in [-0.3, -0.25) is 4.79 Å². The van der Waals surface area contributed by atoms with Gasteiger partial charge in [0.2, 0.25) is 5.91 Å². The van der Waals surface area contributed by atoms with E-state index in [4.69, 9.17) is 0 Å². The Hall–Kier alpha value is -2.28. The van der Waals surface area contributed by atoms with Gasteiger partial charge in [-0.25, -0.2) is 4.68 Å². The van der Waals surface area contributed by atoms with Crippen LogP contribution in [0.25, 0.3) is 5.69 Å². The maximum atomic E-state index is 12.8. The highest BCUT2D eigenvalue weighted by Gasteiger charge is 2.22. The number of rotatable bonds is 5. The number of hydrogen-bond acceptors (Lipinski definition) is 5. The van der Waals surface area contributed by atoms with Crippen molar-refractivity contribution in [1.82, 2.24) is 30.0 Å². The van der Waals surface area contributed by atoms with Crippen LogP contribution >= 0.6 is 0 Å². The van der Waals surface area contributed by atoms with Crippen LogP contribution < -0.4 is 0 Å². The molecule has 0 atom stereocenters. The van der Waals surface area contributed by atoms with Crippen LogP contribution in [0.5, 0.6) is 0 Å². The minimum atomic E-state index is 0.231. The summed E-state index contributed by atoms with van der Waals surface area (Å²) < 4.78 is 1.61. The molecule has 28 heavy (non-hydrogen) atoms. The summed E-state index contributed by atoms with van der Waals surface area (Å²) in [6.45, 7) is 5.10. The van der Waals surface area contributed by atoms with Crippen LogP contribution in [0.3, 0.4) is 0 Å². The lowest BCUT2D eigenvalue weighted by molar-refractivity contribution is -0.130. The first-order chi connectivity index (χ1) is 13.8. The number of hydrogen-bond donors (Lipinski definition) is 0. The molecule has 1 aromatic carbocycles. The second-order valence-corrected chi connectivity index (χ2v) is 8.14. The van der Waals surface area contributed by atoms with E-state index < -0.39 is 0 Å². The SMILES string of the molecule is O=C(Cc1ccc(-n2cnnn2)cc1)N1CCCN(CC2CCCCC2)CC1. The summed E-state index contributed by atoms with van der Waals surface area (Å²) in [6.07, 6.45) is 10.1. The molecule has 150 valence electrons. The van der Waals surface area contributed by atoms with E-state index >= 15 is 0 Å². The summed E-state index contributed by atoms with van der Waals surface area (Å²) in [5.41, 5.74) is 1.93. The summed E-state index contributed by atoms with van der Waals surface area (Å²) in [5, 5.41) is 11.2. The fourth-order valence-electron chi connectivity index (χ4n) is 4.47. The van der Waals surface area contributed by atoms with E-state index in [2.05, 4.69) is 25.3 Å². The fraction of sp³-hybridized carbons (Fsp3) is 0.619. The van der Waals surface area contributed by atoms with Crippen molar-refractivity contribution in [1.29, 1.82) is 0 Å². The molecule has 0 bridgehead atoms. The van der Waals surface area contributed by atoms with E-state index in [9.17, 15) is 4.79 Å². The highest BCUT2D eigenvalue weighted by molar-refractivity contribution is 5.78. The lowest BCUT2D eigenvalue weighted by Crippen LogP contribution is -2.37. The van der Waals surface area contributed by atoms with Gasteiger partial charge in [0, 0.05) is 26.2 Å². The average molecular weight is 383 g/mol. The van der Waals surface area contributed by atoms with Gasteiger partial charge < -0.3 is 9.80 Å². The minimum absolute atomic E-state index is 0.231. The molecule has 7 nitrogen and oxygen atoms in total. The first kappa shape index (κ1) is 19.1. The molecule has 1 saturated heterocycles. The summed E-state index contributed by atoms with van der Waals surface area (Å²) in [6, 6.07) is 7.88. The van der Waals surface area contributed by atoms with E-state index in [0.717, 1.165) is 49.8 Å². The summed E-state index contributed by atoms with van der Waals surface area (Å²) in [5.74, 6) is 1.10. The number of aromatic nitrogens is 4. The van der Waals surface area contributed by atoms with Crippen molar-refractivity contribution in [2.24, 2.45) is 5.92 Å². The molecule has 1 amide bonds. The molecule has 0 N–H and O–H groups in total. The molecule has 0 spiro atoms. The molecule has 4 rings (SSSR count). The van der Waals surface area contributed by atoms with E-state index in [0.29, 0.717) is 6.42 Å². The van der Waals surface area contributed by atoms with Crippen molar-refractivity contribution >= 4 is 5.91 Å². The Bertz CT molecular complexity index is 739. The van der Waals surface area contributed by atoms with Crippen LogP contribution in [-0.4, -0.2) is 68.6 Å². The van der Waals surface area contributed by atoms with Crippen LogP contribution in [-0.2, 0) is 11.2 Å². The van der Waals surface area contributed by atoms with Gasteiger partial charge in [0.05, 0.1) is 12.1 Å². The Morgan fingerprint density at radius 2 is 1.79 bits per heavy atom. The number of tetrazole rings is 1. The van der Waals surface area contributed by atoms with Crippen molar-refractivity contribution in [2.75, 3.05) is 32.7 Å². The molecular formula is C21H30N6O. The monoisotopic (exact) mass is 382 g/mol. The number of amides is 1. The number of carbonyl (C=O) groups is 1. The van der Waals surface area contributed by atoms with Gasteiger partial charge in [-0.05, 0) is 59.8 Å². The van der Waals surface area contributed by atoms with Gasteiger partial charge in [-0.2, -0.15) is 0 Å². The topological polar surface area (TPSA) is 67.2 Å². The molecule has 1 aliphatic carbocycles. The first-order valence-corrected chi connectivity index (χ1v) is 10.6. The number of carbonyl (C=O) groups excluding carboxylic acids is 1. The van der Waals surface area contributed by atoms with Crippen molar-refractivity contribution in [3.05, 3.63) is 36.2 Å². The van der Waals surface area contributed by atoms with Gasteiger partial charge in [-0.15, -0.1) is 5.10 Å². The highest BCUT2D eigenvalue weighted by atomic mass is 16.2. The maximum absolute atomic E-state index is 12.8. The molecule has 1 aromatic heterocycles. The Balaban J connectivity index is 1.27. The Kier molecular flexibility index (Phi) is 6.31. The zero-order valence-electron chi connectivity index (χ0n) is 16.5. The molecule has 2 aliphatic rings. The van der Waals surface area contributed by atoms with Gasteiger partial charge in [-0.1, -0.05) is 31.4 Å². The molecule has 2 aromatic rings. The molecule has 1 aliphatic heterocycles. The van der Waals surface area contributed by atoms with Crippen molar-refractivity contribution < 1.29 is 4.79 Å². The fourth-order valence-corrected chi connectivity index (χ4v) is 4.47. The second kappa shape index (κ2) is 9.28. The van der Waals surface area contributed by atoms with Crippen molar-refractivity contribution in [2.45, 2.75) is 44.9 Å². The minimum Gasteiger partial charge on any atom is -0.341 e. The van der Waals surface area contributed by atoms with Crippen LogP contribution in [0, 0.1) is 5.92 Å². The summed E-state index contributed by atoms with van der Waals surface area (Å²) in [4.78, 5) is 17.4. The van der Waals surface area contributed by atoms with Crippen molar-refractivity contribution in [3.8, 4) is 5.69 Å². The Morgan fingerprint density at radius 3 is 2.54 bits per heavy atom. The van der Waals surface area contributed by atoms with E-state index in [1.54, 1.807) is 11.0 Å². The van der Waals surface area contributed by atoms with Gasteiger partial charge in [0.1, 0.15) is 6.33 Å². The molecular weight excluding hydrogens is 352 g/mol. The molecule has 0 unspecified atom stereocenters. The quantitative estimate of drug-likeness (QED) is 0.794. The second-order valence-electron chi connectivity index (χ2n) is 8.14. The van der Waals surface area contributed by atoms with E-state index in [1.165, 1.54) is 38.6 Å². The summed E-state index contributed by atoms with van der Waals surface area (Å²) >= 11 is 0. The van der Waals surface area contributed by atoms with Gasteiger partial charge in [0.25, 0.3) is 0 Å². The number of benzene rings is 1. The van der Waals surface area contributed by atoms with Gasteiger partial charge in [0.15, 0.2) is 0 Å². The molecule has 1 saturated carbocycles. The molecule has 2 heterocycles. The lowest BCUT2D eigenvalue weighted by Gasteiger charge is -2.28. The standard InChI is InChI=1S/C21H30N6O/c28-21(15-18-7-9-20(10-8-18)27-17-22-23-24-27)26-12-4-11-25(13-14-26)16-19-5-2-1-3-6-19/h7-10,17,19H,1-6,11-16H2. The number of nitrogens with zero attached hydrogens (tertiary/aromatic N) is 6. The maximum Gasteiger partial charge on any atom is 0.227 e. The predicted molar refractivity (Wildman–Crippen MR) is 107 cm³/mol. The highest BCUT2D eigenvalue weighted by Crippen LogP contribution is 2.24. The first-order valence-electron chi connectivity index (χ1n) is 10.6. The van der Waals surface area contributed by atoms with Crippen LogP contribution in [0.15, 0.2) is 30.6 Å². The smallest absolute Gasteiger partial charge is 0.227 e. The Labute approximate surface area is 166 Å². The zero-order chi connectivity index (χ0) is 19.2. The van der Waals surface area contributed by atoms with Gasteiger partial charge >= 0.3 is 0 Å². The third-order valence-corrected chi connectivity index (χ3v) is 6.09. The Morgan fingerprint density at radius 1 is 0.964 bits per heavy atom. The van der Waals surface area contributed by atoms with E-state index in [1.807, 2.05) is 24.3 Å². The van der Waals surface area contributed by atoms with Crippen LogP contribution in [0.1, 0.15) is 44.1 Å². The van der Waals surface area contributed by atoms with E-state index in [-0.39, 0.29) is 5.91 Å². The average Bonchev–Trinajstić information content (AvgIpc) is 3.16. The van der Waals surface area contributed by atoms with Crippen molar-refractivity contribution in [3.63, 3.8) is 0 Å². The zero-order valence-corrected chi connectivity index (χ0v) is 16.5. The predicted octanol–water partition coefficient (Wildman–Crippen LogP) is 2.32. The van der Waals surface area contributed by atoms with Crippen LogP contribution in [0.4, 0.5) is 0 Å². The molecule has 2 fully saturated rings. The normalized spacial score (nSPS) is 19.5. The summed E-state index contributed by atoms with van der Waals surface area (Å²) in [7, 11) is 0. The molecule has 7 heteroatoms. The third-order valence-electron chi connectivity index (χ3n) is 6.09. The molecule has 0 radical (unpaired) electrons. The lowest BCUT2D eigenvalue weighted by atomic mass is 9.89.